The molecule has 0 heterocycles. The fourth-order valence-corrected chi connectivity index (χ4v) is 2.87. The molecule has 1 nitrogen and oxygen atoms in total. The molecular weight excluding hydrogens is 281 g/mol. The van der Waals surface area contributed by atoms with E-state index in [1.807, 2.05) is 0 Å². The average Bonchev–Trinajstić information content (AvgIpc) is 2.29. The fourth-order valence-electron chi connectivity index (χ4n) is 2.51. The highest BCUT2D eigenvalue weighted by Gasteiger charge is 2.24. The van der Waals surface area contributed by atoms with E-state index in [2.05, 4.69) is 35.1 Å². The highest BCUT2D eigenvalue weighted by molar-refractivity contribution is 9.10. The molecule has 94 valence electrons. The van der Waals surface area contributed by atoms with Gasteiger partial charge in [-0.2, -0.15) is 0 Å². The second kappa shape index (κ2) is 5.38. The highest BCUT2D eigenvalue weighted by atomic mass is 79.9. The number of hydrogen-bond acceptors (Lipinski definition) is 1. The van der Waals surface area contributed by atoms with Gasteiger partial charge in [0, 0.05) is 10.5 Å². The normalized spacial score (nSPS) is 29.1. The zero-order valence-electron chi connectivity index (χ0n) is 10.3. The van der Waals surface area contributed by atoms with E-state index in [1.165, 1.54) is 25.3 Å². The minimum atomic E-state index is -0.187. The molecule has 0 saturated heterocycles. The van der Waals surface area contributed by atoms with Crippen LogP contribution in [0.2, 0.25) is 0 Å². The summed E-state index contributed by atoms with van der Waals surface area (Å²) in [4.78, 5) is 0. The van der Waals surface area contributed by atoms with Crippen LogP contribution < -0.4 is 5.32 Å². The maximum Gasteiger partial charge on any atom is 0.125 e. The minimum Gasteiger partial charge on any atom is -0.381 e. The number of halogens is 2. The van der Waals surface area contributed by atoms with Gasteiger partial charge in [-0.3, -0.25) is 0 Å². The van der Waals surface area contributed by atoms with E-state index in [9.17, 15) is 4.39 Å². The minimum absolute atomic E-state index is 0.187. The van der Waals surface area contributed by atoms with Crippen LogP contribution in [0.5, 0.6) is 0 Å². The van der Waals surface area contributed by atoms with Crippen molar-refractivity contribution in [3.8, 4) is 0 Å². The maximum atomic E-state index is 13.2. The van der Waals surface area contributed by atoms with Crippen LogP contribution in [0.4, 0.5) is 10.1 Å². The van der Waals surface area contributed by atoms with Gasteiger partial charge in [0.15, 0.2) is 0 Å². The van der Waals surface area contributed by atoms with E-state index in [-0.39, 0.29) is 5.82 Å². The van der Waals surface area contributed by atoms with Crippen molar-refractivity contribution in [3.05, 3.63) is 28.5 Å². The van der Waals surface area contributed by atoms with Crippen LogP contribution in [0.25, 0.3) is 0 Å². The number of benzene rings is 1. The molecule has 2 rings (SSSR count). The quantitative estimate of drug-likeness (QED) is 0.825. The summed E-state index contributed by atoms with van der Waals surface area (Å²) in [6.07, 6.45) is 3.60. The highest BCUT2D eigenvalue weighted by Crippen LogP contribution is 2.32. The summed E-state index contributed by atoms with van der Waals surface area (Å²) in [7, 11) is 0. The van der Waals surface area contributed by atoms with Crippen LogP contribution in [0.15, 0.2) is 22.7 Å². The molecule has 3 atom stereocenters. The van der Waals surface area contributed by atoms with Gasteiger partial charge >= 0.3 is 0 Å². The van der Waals surface area contributed by atoms with E-state index < -0.39 is 0 Å². The predicted molar refractivity (Wildman–Crippen MR) is 73.7 cm³/mol. The Morgan fingerprint density at radius 1 is 1.24 bits per heavy atom. The van der Waals surface area contributed by atoms with Gasteiger partial charge < -0.3 is 5.32 Å². The molecule has 0 amide bonds. The van der Waals surface area contributed by atoms with Gasteiger partial charge in [-0.15, -0.1) is 0 Å². The largest absolute Gasteiger partial charge is 0.381 e. The summed E-state index contributed by atoms with van der Waals surface area (Å²) in [5.74, 6) is 1.37. The van der Waals surface area contributed by atoms with Gasteiger partial charge in [0.25, 0.3) is 0 Å². The Morgan fingerprint density at radius 3 is 2.71 bits per heavy atom. The molecule has 1 aromatic carbocycles. The maximum absolute atomic E-state index is 13.2. The molecule has 3 heteroatoms. The van der Waals surface area contributed by atoms with Gasteiger partial charge in [-0.1, -0.05) is 13.8 Å². The molecular formula is C14H19BrFN. The van der Waals surface area contributed by atoms with Crippen molar-refractivity contribution in [1.82, 2.24) is 0 Å². The molecule has 3 unspecified atom stereocenters. The van der Waals surface area contributed by atoms with Crippen LogP contribution in [-0.4, -0.2) is 6.04 Å². The Bertz CT molecular complexity index is 394. The van der Waals surface area contributed by atoms with Crippen LogP contribution in [0.1, 0.15) is 33.1 Å². The summed E-state index contributed by atoms with van der Waals surface area (Å²) in [6, 6.07) is 5.26. The summed E-state index contributed by atoms with van der Waals surface area (Å²) < 4.78 is 14.1. The van der Waals surface area contributed by atoms with Crippen LogP contribution >= 0.6 is 15.9 Å². The molecule has 1 fully saturated rings. The van der Waals surface area contributed by atoms with E-state index >= 15 is 0 Å². The number of rotatable bonds is 2. The smallest absolute Gasteiger partial charge is 0.125 e. The Morgan fingerprint density at radius 2 is 2.00 bits per heavy atom. The van der Waals surface area contributed by atoms with Gasteiger partial charge in [0.05, 0.1) is 5.69 Å². The number of nitrogens with one attached hydrogen (secondary N) is 1. The topological polar surface area (TPSA) is 12.0 Å². The Labute approximate surface area is 111 Å². The Kier molecular flexibility index (Phi) is 4.08. The monoisotopic (exact) mass is 299 g/mol. The lowest BCUT2D eigenvalue weighted by molar-refractivity contribution is 0.261. The van der Waals surface area contributed by atoms with Crippen molar-refractivity contribution in [3.63, 3.8) is 0 Å². The average molecular weight is 300 g/mol. The van der Waals surface area contributed by atoms with Crippen molar-refractivity contribution >= 4 is 21.6 Å². The molecule has 0 radical (unpaired) electrons. The molecule has 0 bridgehead atoms. The van der Waals surface area contributed by atoms with E-state index in [1.54, 1.807) is 12.1 Å². The van der Waals surface area contributed by atoms with Gasteiger partial charge in [-0.25, -0.2) is 4.39 Å². The molecule has 1 aliphatic rings. The molecule has 17 heavy (non-hydrogen) atoms. The van der Waals surface area contributed by atoms with Gasteiger partial charge in [-0.05, 0) is 65.2 Å². The third kappa shape index (κ3) is 3.21. The summed E-state index contributed by atoms with van der Waals surface area (Å²) in [5, 5.41) is 3.45. The molecule has 1 saturated carbocycles. The lowest BCUT2D eigenvalue weighted by atomic mass is 9.79. The third-order valence-corrected chi connectivity index (χ3v) is 4.58. The fraction of sp³-hybridized carbons (Fsp3) is 0.571. The molecule has 0 aliphatic heterocycles. The van der Waals surface area contributed by atoms with Crippen LogP contribution in [-0.2, 0) is 0 Å². The second-order valence-corrected chi connectivity index (χ2v) is 6.09. The van der Waals surface area contributed by atoms with Crippen molar-refractivity contribution < 1.29 is 4.39 Å². The zero-order chi connectivity index (χ0) is 12.4. The first-order chi connectivity index (χ1) is 8.06. The van der Waals surface area contributed by atoms with E-state index in [0.29, 0.717) is 6.04 Å². The standard InChI is InChI=1S/C14H19BrFN/c1-9-3-5-12(7-10(9)2)17-14-8-11(16)4-6-13(14)15/h4,6,8-10,12,17H,3,5,7H2,1-2H3. The Hall–Kier alpha value is -0.570. The lowest BCUT2D eigenvalue weighted by Crippen LogP contribution is -2.30. The van der Waals surface area contributed by atoms with Crippen LogP contribution in [0, 0.1) is 17.7 Å². The predicted octanol–water partition coefficient (Wildman–Crippen LogP) is 4.82. The summed E-state index contributed by atoms with van der Waals surface area (Å²) >= 11 is 3.46. The van der Waals surface area contributed by atoms with Gasteiger partial charge in [0.2, 0.25) is 0 Å². The molecule has 1 N–H and O–H groups in total. The number of anilines is 1. The summed E-state index contributed by atoms with van der Waals surface area (Å²) in [5.41, 5.74) is 0.872. The Balaban J connectivity index is 2.03. The third-order valence-electron chi connectivity index (χ3n) is 3.89. The zero-order valence-corrected chi connectivity index (χ0v) is 11.9. The lowest BCUT2D eigenvalue weighted by Gasteiger charge is -2.33. The van der Waals surface area contributed by atoms with E-state index in [4.69, 9.17) is 0 Å². The molecule has 1 aromatic rings. The van der Waals surface area contributed by atoms with Crippen molar-refractivity contribution in [1.29, 1.82) is 0 Å². The summed E-state index contributed by atoms with van der Waals surface area (Å²) in [6.45, 7) is 4.62. The van der Waals surface area contributed by atoms with Gasteiger partial charge in [0.1, 0.15) is 5.82 Å². The van der Waals surface area contributed by atoms with Crippen molar-refractivity contribution in [2.24, 2.45) is 11.8 Å². The first-order valence-corrected chi connectivity index (χ1v) is 7.07. The van der Waals surface area contributed by atoms with Crippen molar-refractivity contribution in [2.75, 3.05) is 5.32 Å². The van der Waals surface area contributed by atoms with Crippen LogP contribution in [0.3, 0.4) is 0 Å². The number of hydrogen-bond donors (Lipinski definition) is 1. The second-order valence-electron chi connectivity index (χ2n) is 5.23. The SMILES string of the molecule is CC1CCC(Nc2cc(F)ccc2Br)CC1C. The van der Waals surface area contributed by atoms with E-state index in [0.717, 1.165) is 22.0 Å². The molecule has 0 spiro atoms. The molecule has 0 aromatic heterocycles. The van der Waals surface area contributed by atoms with Crippen molar-refractivity contribution in [2.45, 2.75) is 39.2 Å². The molecule has 1 aliphatic carbocycles. The first-order valence-electron chi connectivity index (χ1n) is 6.28. The first kappa shape index (κ1) is 12.9.